The largest absolute Gasteiger partial charge is 0.464 e. The van der Waals surface area contributed by atoms with Crippen molar-refractivity contribution in [3.8, 4) is 11.3 Å². The molecular formula is C26H31N3O4. The average Bonchev–Trinajstić information content (AvgIpc) is 3.21. The first kappa shape index (κ1) is 24.2. The van der Waals surface area contributed by atoms with Crippen molar-refractivity contribution in [2.24, 2.45) is 0 Å². The summed E-state index contributed by atoms with van der Waals surface area (Å²) in [5.74, 6) is -1.19. The molecule has 0 aliphatic rings. The van der Waals surface area contributed by atoms with Crippen LogP contribution in [0.4, 0.5) is 0 Å². The van der Waals surface area contributed by atoms with Crippen molar-refractivity contribution in [3.63, 3.8) is 0 Å². The summed E-state index contributed by atoms with van der Waals surface area (Å²) in [5.41, 5.74) is 4.05. The monoisotopic (exact) mass is 449 g/mol. The van der Waals surface area contributed by atoms with Crippen molar-refractivity contribution < 1.29 is 19.4 Å². The average molecular weight is 450 g/mol. The summed E-state index contributed by atoms with van der Waals surface area (Å²) in [6.07, 6.45) is 0. The first-order valence-electron chi connectivity index (χ1n) is 11.0. The van der Waals surface area contributed by atoms with Gasteiger partial charge >= 0.3 is 5.97 Å². The molecular weight excluding hydrogens is 418 g/mol. The van der Waals surface area contributed by atoms with Crippen molar-refractivity contribution in [1.82, 2.24) is 15.1 Å². The van der Waals surface area contributed by atoms with Gasteiger partial charge in [0.1, 0.15) is 5.69 Å². The Morgan fingerprint density at radius 3 is 2.33 bits per heavy atom. The van der Waals surface area contributed by atoms with Crippen molar-refractivity contribution in [2.45, 2.75) is 45.7 Å². The smallest absolute Gasteiger partial charge is 0.331 e. The third kappa shape index (κ3) is 6.08. The second-order valence-corrected chi connectivity index (χ2v) is 8.85. The molecule has 3 rings (SSSR count). The fourth-order valence-corrected chi connectivity index (χ4v) is 3.41. The maximum Gasteiger partial charge on any atom is 0.331 e. The Balaban J connectivity index is 1.92. The Bertz CT molecular complexity index is 1080. The summed E-state index contributed by atoms with van der Waals surface area (Å²) in [6.45, 7) is 8.12. The molecule has 7 heteroatoms. The predicted octanol–water partition coefficient (Wildman–Crippen LogP) is 3.55. The van der Waals surface area contributed by atoms with Crippen molar-refractivity contribution in [3.05, 3.63) is 77.5 Å². The van der Waals surface area contributed by atoms with Gasteiger partial charge in [0, 0.05) is 5.56 Å². The van der Waals surface area contributed by atoms with E-state index in [1.165, 1.54) is 5.56 Å². The SMILES string of the molecule is CCOC(=O)[C@@H](CO)NC(=O)c1cc(-c2ccccc2)nn1Cc1ccc(C(C)(C)C)cc1. The zero-order chi connectivity index (χ0) is 24.0. The first-order valence-corrected chi connectivity index (χ1v) is 11.0. The summed E-state index contributed by atoms with van der Waals surface area (Å²) >= 11 is 0. The zero-order valence-corrected chi connectivity index (χ0v) is 19.5. The van der Waals surface area contributed by atoms with Gasteiger partial charge < -0.3 is 15.2 Å². The quantitative estimate of drug-likeness (QED) is 0.513. The van der Waals surface area contributed by atoms with Gasteiger partial charge in [-0.25, -0.2) is 4.79 Å². The van der Waals surface area contributed by atoms with Crippen LogP contribution in [0.1, 0.15) is 49.3 Å². The molecule has 0 fully saturated rings. The highest BCUT2D eigenvalue weighted by atomic mass is 16.5. The molecule has 0 aliphatic heterocycles. The number of rotatable bonds is 8. The van der Waals surface area contributed by atoms with Crippen LogP contribution in [-0.2, 0) is 21.5 Å². The van der Waals surface area contributed by atoms with E-state index in [0.717, 1.165) is 11.1 Å². The molecule has 0 spiro atoms. The summed E-state index contributed by atoms with van der Waals surface area (Å²) in [7, 11) is 0. The molecule has 3 aromatic rings. The Kier molecular flexibility index (Phi) is 7.66. The van der Waals surface area contributed by atoms with Crippen LogP contribution in [0, 0.1) is 0 Å². The van der Waals surface area contributed by atoms with Crippen LogP contribution >= 0.6 is 0 Å². The molecule has 174 valence electrons. The minimum atomic E-state index is -1.15. The Labute approximate surface area is 194 Å². The number of ether oxygens (including phenoxy) is 1. The lowest BCUT2D eigenvalue weighted by molar-refractivity contribution is -0.146. The molecule has 7 nitrogen and oxygen atoms in total. The number of nitrogens with zero attached hydrogens (tertiary/aromatic N) is 2. The minimum Gasteiger partial charge on any atom is -0.464 e. The molecule has 33 heavy (non-hydrogen) atoms. The molecule has 0 bridgehead atoms. The number of amides is 1. The molecule has 0 radical (unpaired) electrons. The fraction of sp³-hybridized carbons (Fsp3) is 0.346. The zero-order valence-electron chi connectivity index (χ0n) is 19.5. The Hall–Kier alpha value is -3.45. The number of hydrogen-bond donors (Lipinski definition) is 2. The summed E-state index contributed by atoms with van der Waals surface area (Å²) in [5, 5.41) is 16.8. The second-order valence-electron chi connectivity index (χ2n) is 8.85. The molecule has 0 saturated heterocycles. The van der Waals surface area contributed by atoms with E-state index in [1.807, 2.05) is 42.5 Å². The molecule has 0 saturated carbocycles. The van der Waals surface area contributed by atoms with Crippen LogP contribution in [-0.4, -0.2) is 46.0 Å². The third-order valence-corrected chi connectivity index (χ3v) is 5.29. The van der Waals surface area contributed by atoms with Gasteiger partial charge in [0.05, 0.1) is 25.5 Å². The van der Waals surface area contributed by atoms with Gasteiger partial charge in [-0.05, 0) is 29.5 Å². The number of nitrogens with one attached hydrogen (secondary N) is 1. The minimum absolute atomic E-state index is 0.0438. The van der Waals surface area contributed by atoms with Crippen LogP contribution in [0.3, 0.4) is 0 Å². The molecule has 1 atom stereocenters. The van der Waals surface area contributed by atoms with E-state index >= 15 is 0 Å². The van der Waals surface area contributed by atoms with E-state index in [9.17, 15) is 14.7 Å². The highest BCUT2D eigenvalue weighted by Gasteiger charge is 2.25. The molecule has 1 aromatic heterocycles. The van der Waals surface area contributed by atoms with E-state index in [2.05, 4.69) is 43.3 Å². The lowest BCUT2D eigenvalue weighted by atomic mass is 9.87. The molecule has 0 unspecified atom stereocenters. The van der Waals surface area contributed by atoms with Gasteiger partial charge in [-0.15, -0.1) is 0 Å². The van der Waals surface area contributed by atoms with Gasteiger partial charge in [-0.2, -0.15) is 5.10 Å². The fourth-order valence-electron chi connectivity index (χ4n) is 3.41. The number of hydrogen-bond acceptors (Lipinski definition) is 5. The predicted molar refractivity (Wildman–Crippen MR) is 127 cm³/mol. The number of aliphatic hydroxyl groups excluding tert-OH is 1. The molecule has 1 heterocycles. The molecule has 2 aromatic carbocycles. The van der Waals surface area contributed by atoms with E-state index < -0.39 is 24.5 Å². The van der Waals surface area contributed by atoms with Crippen molar-refractivity contribution >= 4 is 11.9 Å². The van der Waals surface area contributed by atoms with Crippen LogP contribution in [0.2, 0.25) is 0 Å². The summed E-state index contributed by atoms with van der Waals surface area (Å²) in [6, 6.07) is 18.3. The number of aromatic nitrogens is 2. The van der Waals surface area contributed by atoms with Gasteiger partial charge in [0.2, 0.25) is 0 Å². The van der Waals surface area contributed by atoms with Gasteiger partial charge in [0.15, 0.2) is 6.04 Å². The van der Waals surface area contributed by atoms with E-state index in [-0.39, 0.29) is 17.7 Å². The molecule has 1 amide bonds. The van der Waals surface area contributed by atoms with Crippen LogP contribution in [0.15, 0.2) is 60.7 Å². The van der Waals surface area contributed by atoms with E-state index in [4.69, 9.17) is 4.74 Å². The van der Waals surface area contributed by atoms with Crippen LogP contribution in [0.25, 0.3) is 11.3 Å². The molecule has 2 N–H and O–H groups in total. The standard InChI is InChI=1S/C26H31N3O4/c1-5-33-25(32)22(17-30)27-24(31)23-15-21(19-9-7-6-8-10-19)28-29(23)16-18-11-13-20(14-12-18)26(2,3)4/h6-15,22,30H,5,16-17H2,1-4H3,(H,27,31)/t22-/m1/s1. The Morgan fingerprint density at radius 1 is 1.09 bits per heavy atom. The second kappa shape index (κ2) is 10.4. The first-order chi connectivity index (χ1) is 15.7. The lowest BCUT2D eigenvalue weighted by Gasteiger charge is -2.19. The number of benzene rings is 2. The Morgan fingerprint density at radius 2 is 1.76 bits per heavy atom. The third-order valence-electron chi connectivity index (χ3n) is 5.29. The van der Waals surface area contributed by atoms with Crippen molar-refractivity contribution in [1.29, 1.82) is 0 Å². The lowest BCUT2D eigenvalue weighted by Crippen LogP contribution is -2.45. The molecule has 0 aliphatic carbocycles. The maximum atomic E-state index is 13.1. The number of carbonyl (C=O) groups is 2. The number of carbonyl (C=O) groups excluding carboxylic acids is 2. The van der Waals surface area contributed by atoms with Gasteiger partial charge in [-0.1, -0.05) is 75.4 Å². The highest BCUT2D eigenvalue weighted by Crippen LogP contribution is 2.23. The number of esters is 1. The normalized spacial score (nSPS) is 12.3. The van der Waals surface area contributed by atoms with E-state index in [0.29, 0.717) is 12.2 Å². The van der Waals surface area contributed by atoms with Crippen LogP contribution < -0.4 is 5.32 Å². The van der Waals surface area contributed by atoms with Gasteiger partial charge in [-0.3, -0.25) is 9.48 Å². The van der Waals surface area contributed by atoms with E-state index in [1.54, 1.807) is 17.7 Å². The summed E-state index contributed by atoms with van der Waals surface area (Å²) < 4.78 is 6.55. The maximum absolute atomic E-state index is 13.1. The highest BCUT2D eigenvalue weighted by molar-refractivity contribution is 5.96. The number of aliphatic hydroxyl groups is 1. The van der Waals surface area contributed by atoms with Gasteiger partial charge in [0.25, 0.3) is 5.91 Å². The van der Waals surface area contributed by atoms with Crippen LogP contribution in [0.5, 0.6) is 0 Å². The summed E-state index contributed by atoms with van der Waals surface area (Å²) in [4.78, 5) is 25.1. The topological polar surface area (TPSA) is 93.4 Å². The van der Waals surface area contributed by atoms with Crippen molar-refractivity contribution in [2.75, 3.05) is 13.2 Å².